The lowest BCUT2D eigenvalue weighted by Crippen LogP contribution is -2.55. The zero-order valence-electron chi connectivity index (χ0n) is 20.4. The lowest BCUT2D eigenvalue weighted by atomic mass is 9.97. The van der Waals surface area contributed by atoms with Crippen LogP contribution in [-0.2, 0) is 25.5 Å². The summed E-state index contributed by atoms with van der Waals surface area (Å²) in [6.07, 6.45) is -2.25. The summed E-state index contributed by atoms with van der Waals surface area (Å²) in [5.74, 6) is -3.10. The minimum absolute atomic E-state index is 0.165. The molecule has 1 aliphatic rings. The molecule has 0 saturated carbocycles. The SMILES string of the molecule is CCOC(=O)N1CCN(C(=O)C(=O)N[C@H](Cc2ccc(-c3cccc(Cl)c3)cc2)C[C@@H](O)C(=O)O)CC1. The van der Waals surface area contributed by atoms with E-state index in [9.17, 15) is 24.3 Å². The monoisotopic (exact) mass is 531 g/mol. The van der Waals surface area contributed by atoms with Gasteiger partial charge in [0.2, 0.25) is 0 Å². The van der Waals surface area contributed by atoms with Crippen molar-refractivity contribution in [2.45, 2.75) is 31.9 Å². The molecule has 0 spiro atoms. The summed E-state index contributed by atoms with van der Waals surface area (Å²) in [4.78, 5) is 51.3. The van der Waals surface area contributed by atoms with E-state index in [-0.39, 0.29) is 45.6 Å². The molecule has 1 saturated heterocycles. The van der Waals surface area contributed by atoms with Crippen molar-refractivity contribution >= 4 is 35.5 Å². The highest BCUT2D eigenvalue weighted by atomic mass is 35.5. The molecule has 0 aliphatic carbocycles. The molecule has 3 N–H and O–H groups in total. The van der Waals surface area contributed by atoms with Gasteiger partial charge in [-0.1, -0.05) is 48.0 Å². The van der Waals surface area contributed by atoms with Crippen LogP contribution < -0.4 is 5.32 Å². The van der Waals surface area contributed by atoms with Crippen LogP contribution in [-0.4, -0.2) is 88.8 Å². The quantitative estimate of drug-likeness (QED) is 0.444. The number of piperazine rings is 1. The maximum Gasteiger partial charge on any atom is 0.409 e. The average Bonchev–Trinajstić information content (AvgIpc) is 2.88. The summed E-state index contributed by atoms with van der Waals surface area (Å²) in [6, 6.07) is 14.0. The molecule has 0 bridgehead atoms. The fourth-order valence-corrected chi connectivity index (χ4v) is 4.24. The average molecular weight is 532 g/mol. The lowest BCUT2D eigenvalue weighted by molar-refractivity contribution is -0.149. The molecule has 2 atom stereocenters. The van der Waals surface area contributed by atoms with E-state index in [1.807, 2.05) is 42.5 Å². The first-order valence-corrected chi connectivity index (χ1v) is 12.3. The Bertz CT molecular complexity index is 1120. The normalized spacial score (nSPS) is 15.0. The number of carboxylic acid groups (broad SMARTS) is 1. The van der Waals surface area contributed by atoms with Crippen LogP contribution in [0.4, 0.5) is 4.79 Å². The van der Waals surface area contributed by atoms with Gasteiger partial charge >= 0.3 is 23.9 Å². The van der Waals surface area contributed by atoms with Crippen LogP contribution in [0.15, 0.2) is 48.5 Å². The van der Waals surface area contributed by atoms with Crippen LogP contribution in [0.5, 0.6) is 0 Å². The number of aliphatic hydroxyl groups excluding tert-OH is 1. The van der Waals surface area contributed by atoms with E-state index in [0.717, 1.165) is 16.7 Å². The summed E-state index contributed by atoms with van der Waals surface area (Å²) in [5.41, 5.74) is 2.64. The van der Waals surface area contributed by atoms with Gasteiger partial charge in [0, 0.05) is 43.7 Å². The third-order valence-electron chi connectivity index (χ3n) is 6.01. The van der Waals surface area contributed by atoms with Gasteiger partial charge < -0.3 is 30.1 Å². The number of carboxylic acids is 1. The number of hydrogen-bond acceptors (Lipinski definition) is 6. The molecule has 1 aliphatic heterocycles. The van der Waals surface area contributed by atoms with E-state index >= 15 is 0 Å². The maximum absolute atomic E-state index is 12.7. The Morgan fingerprint density at radius 2 is 1.65 bits per heavy atom. The van der Waals surface area contributed by atoms with Crippen molar-refractivity contribution in [1.29, 1.82) is 0 Å². The van der Waals surface area contributed by atoms with Gasteiger partial charge in [0.15, 0.2) is 6.10 Å². The van der Waals surface area contributed by atoms with Gasteiger partial charge in [-0.3, -0.25) is 9.59 Å². The minimum Gasteiger partial charge on any atom is -0.479 e. The fourth-order valence-electron chi connectivity index (χ4n) is 4.05. The maximum atomic E-state index is 12.7. The van der Waals surface area contributed by atoms with Crippen molar-refractivity contribution < 1.29 is 34.1 Å². The molecule has 37 heavy (non-hydrogen) atoms. The molecular formula is C26H30ClN3O7. The van der Waals surface area contributed by atoms with Crippen LogP contribution in [0, 0.1) is 0 Å². The number of ether oxygens (including phenoxy) is 1. The number of carbonyl (C=O) groups is 4. The number of amides is 3. The number of hydrogen-bond donors (Lipinski definition) is 3. The zero-order chi connectivity index (χ0) is 26.9. The van der Waals surface area contributed by atoms with Crippen molar-refractivity contribution in [2.75, 3.05) is 32.8 Å². The second-order valence-corrected chi connectivity index (χ2v) is 9.09. The van der Waals surface area contributed by atoms with E-state index in [1.165, 1.54) is 9.80 Å². The van der Waals surface area contributed by atoms with Crippen LogP contribution in [0.25, 0.3) is 11.1 Å². The molecule has 0 unspecified atom stereocenters. The Labute approximate surface area is 219 Å². The molecule has 0 radical (unpaired) electrons. The molecule has 11 heteroatoms. The highest BCUT2D eigenvalue weighted by Gasteiger charge is 2.30. The number of aliphatic carboxylic acids is 1. The van der Waals surface area contributed by atoms with Crippen LogP contribution in [0.1, 0.15) is 18.9 Å². The van der Waals surface area contributed by atoms with Crippen molar-refractivity contribution in [1.82, 2.24) is 15.1 Å². The predicted octanol–water partition coefficient (Wildman–Crippen LogP) is 2.17. The number of aliphatic hydroxyl groups is 1. The van der Waals surface area contributed by atoms with E-state index < -0.39 is 36.0 Å². The van der Waals surface area contributed by atoms with Gasteiger partial charge in [0.1, 0.15) is 0 Å². The third-order valence-corrected chi connectivity index (χ3v) is 6.24. The molecule has 10 nitrogen and oxygen atoms in total. The van der Waals surface area contributed by atoms with Crippen LogP contribution in [0.2, 0.25) is 5.02 Å². The summed E-state index contributed by atoms with van der Waals surface area (Å²) in [5, 5.41) is 22.2. The molecular weight excluding hydrogens is 502 g/mol. The molecule has 1 heterocycles. The standard InChI is InChI=1S/C26H30ClN3O7/c1-2-37-26(36)30-12-10-29(11-13-30)24(33)23(32)28-21(16-22(31)25(34)35)14-17-6-8-18(9-7-17)19-4-3-5-20(27)15-19/h3-9,15,21-22,31H,2,10-14,16H2,1H3,(H,28,32)(H,34,35)/t21-,22-/m1/s1. The Balaban J connectivity index is 1.64. The summed E-state index contributed by atoms with van der Waals surface area (Å²) in [7, 11) is 0. The third kappa shape index (κ3) is 7.93. The van der Waals surface area contributed by atoms with Gasteiger partial charge in [-0.2, -0.15) is 0 Å². The van der Waals surface area contributed by atoms with Gasteiger partial charge in [0.05, 0.1) is 6.61 Å². The zero-order valence-corrected chi connectivity index (χ0v) is 21.2. The van der Waals surface area contributed by atoms with Crippen molar-refractivity contribution in [3.8, 4) is 11.1 Å². The van der Waals surface area contributed by atoms with Gasteiger partial charge in [0.25, 0.3) is 0 Å². The van der Waals surface area contributed by atoms with E-state index in [1.54, 1.807) is 13.0 Å². The van der Waals surface area contributed by atoms with Crippen LogP contribution in [0.3, 0.4) is 0 Å². The summed E-state index contributed by atoms with van der Waals surface area (Å²) >= 11 is 6.07. The highest BCUT2D eigenvalue weighted by Crippen LogP contribution is 2.23. The van der Waals surface area contributed by atoms with Crippen molar-refractivity contribution in [2.24, 2.45) is 0 Å². The van der Waals surface area contributed by atoms with Gasteiger partial charge in [-0.15, -0.1) is 0 Å². The summed E-state index contributed by atoms with van der Waals surface area (Å²) in [6.45, 7) is 2.74. The number of rotatable bonds is 8. The number of carbonyl (C=O) groups excluding carboxylic acids is 3. The first-order valence-electron chi connectivity index (χ1n) is 11.9. The summed E-state index contributed by atoms with van der Waals surface area (Å²) < 4.78 is 4.95. The van der Waals surface area contributed by atoms with Crippen LogP contribution >= 0.6 is 11.6 Å². The first-order chi connectivity index (χ1) is 17.7. The molecule has 2 aromatic rings. The Morgan fingerprint density at radius 1 is 1.00 bits per heavy atom. The smallest absolute Gasteiger partial charge is 0.409 e. The Morgan fingerprint density at radius 3 is 2.24 bits per heavy atom. The number of nitrogens with zero attached hydrogens (tertiary/aromatic N) is 2. The largest absolute Gasteiger partial charge is 0.479 e. The second-order valence-electron chi connectivity index (χ2n) is 8.65. The van der Waals surface area contributed by atoms with E-state index in [2.05, 4.69) is 5.32 Å². The molecule has 3 amide bonds. The molecule has 3 rings (SSSR count). The number of benzene rings is 2. The number of nitrogens with one attached hydrogen (secondary N) is 1. The van der Waals surface area contributed by atoms with E-state index in [4.69, 9.17) is 21.4 Å². The molecule has 0 aromatic heterocycles. The Hall–Kier alpha value is -3.63. The van der Waals surface area contributed by atoms with Crippen molar-refractivity contribution in [3.63, 3.8) is 0 Å². The van der Waals surface area contributed by atoms with Gasteiger partial charge in [-0.25, -0.2) is 9.59 Å². The minimum atomic E-state index is -1.71. The molecule has 2 aromatic carbocycles. The first kappa shape index (κ1) is 27.9. The lowest BCUT2D eigenvalue weighted by Gasteiger charge is -2.34. The molecule has 198 valence electrons. The highest BCUT2D eigenvalue weighted by molar-refractivity contribution is 6.35. The van der Waals surface area contributed by atoms with Gasteiger partial charge in [-0.05, 0) is 42.2 Å². The fraction of sp³-hybridized carbons (Fsp3) is 0.385. The van der Waals surface area contributed by atoms with E-state index in [0.29, 0.717) is 5.02 Å². The number of halogens is 1. The predicted molar refractivity (Wildman–Crippen MR) is 136 cm³/mol. The topological polar surface area (TPSA) is 136 Å². The molecule has 1 fully saturated rings. The Kier molecular flexibility index (Phi) is 9.87. The van der Waals surface area contributed by atoms with Crippen molar-refractivity contribution in [3.05, 3.63) is 59.1 Å². The second kappa shape index (κ2) is 13.1.